The SMILES string of the molecule is CC(C)Oc1ccccc1CNC(C)(CO)CO. The molecule has 0 saturated heterocycles. The molecule has 1 aromatic carbocycles. The van der Waals surface area contributed by atoms with Gasteiger partial charge >= 0.3 is 0 Å². The van der Waals surface area contributed by atoms with Crippen molar-refractivity contribution in [2.75, 3.05) is 13.2 Å². The van der Waals surface area contributed by atoms with Gasteiger partial charge in [0.1, 0.15) is 5.75 Å². The van der Waals surface area contributed by atoms with Crippen LogP contribution in [-0.4, -0.2) is 35.1 Å². The van der Waals surface area contributed by atoms with Gasteiger partial charge in [0.15, 0.2) is 0 Å². The highest BCUT2D eigenvalue weighted by Crippen LogP contribution is 2.20. The summed E-state index contributed by atoms with van der Waals surface area (Å²) in [5.41, 5.74) is 0.338. The van der Waals surface area contributed by atoms with Crippen LogP contribution in [0.15, 0.2) is 24.3 Å². The van der Waals surface area contributed by atoms with Crippen molar-refractivity contribution < 1.29 is 14.9 Å². The standard InChI is InChI=1S/C14H23NO3/c1-11(2)18-13-7-5-4-6-12(13)8-15-14(3,9-16)10-17/h4-7,11,15-17H,8-10H2,1-3H3. The highest BCUT2D eigenvalue weighted by atomic mass is 16.5. The largest absolute Gasteiger partial charge is 0.491 e. The Morgan fingerprint density at radius 1 is 1.22 bits per heavy atom. The van der Waals surface area contributed by atoms with E-state index in [-0.39, 0.29) is 19.3 Å². The minimum Gasteiger partial charge on any atom is -0.491 e. The van der Waals surface area contributed by atoms with Gasteiger partial charge < -0.3 is 20.3 Å². The predicted molar refractivity (Wildman–Crippen MR) is 71.6 cm³/mol. The van der Waals surface area contributed by atoms with E-state index < -0.39 is 5.54 Å². The summed E-state index contributed by atoms with van der Waals surface area (Å²) in [6.07, 6.45) is 0.119. The van der Waals surface area contributed by atoms with Crippen LogP contribution in [0.1, 0.15) is 26.3 Å². The van der Waals surface area contributed by atoms with Crippen molar-refractivity contribution in [3.8, 4) is 5.75 Å². The average Bonchev–Trinajstić information content (AvgIpc) is 2.37. The van der Waals surface area contributed by atoms with Gasteiger partial charge in [0.2, 0.25) is 0 Å². The van der Waals surface area contributed by atoms with Gasteiger partial charge in [0.25, 0.3) is 0 Å². The molecular formula is C14H23NO3. The first-order chi connectivity index (χ1) is 8.50. The quantitative estimate of drug-likeness (QED) is 0.685. The molecule has 4 heteroatoms. The van der Waals surface area contributed by atoms with Gasteiger partial charge in [-0.05, 0) is 26.8 Å². The number of benzene rings is 1. The number of nitrogens with one attached hydrogen (secondary N) is 1. The Labute approximate surface area is 109 Å². The van der Waals surface area contributed by atoms with Crippen molar-refractivity contribution >= 4 is 0 Å². The summed E-state index contributed by atoms with van der Waals surface area (Å²) in [7, 11) is 0. The summed E-state index contributed by atoms with van der Waals surface area (Å²) < 4.78 is 5.71. The molecule has 0 aliphatic rings. The van der Waals surface area contributed by atoms with E-state index in [1.807, 2.05) is 38.1 Å². The van der Waals surface area contributed by atoms with Crippen LogP contribution in [0, 0.1) is 0 Å². The summed E-state index contributed by atoms with van der Waals surface area (Å²) in [4.78, 5) is 0. The van der Waals surface area contributed by atoms with Crippen LogP contribution in [0.2, 0.25) is 0 Å². The molecule has 0 atom stereocenters. The predicted octanol–water partition coefficient (Wildman–Crippen LogP) is 1.31. The van der Waals surface area contributed by atoms with Gasteiger partial charge in [0.05, 0.1) is 24.9 Å². The van der Waals surface area contributed by atoms with E-state index in [4.69, 9.17) is 4.74 Å². The minimum absolute atomic E-state index is 0.114. The number of hydrogen-bond donors (Lipinski definition) is 3. The van der Waals surface area contributed by atoms with E-state index in [2.05, 4.69) is 5.32 Å². The first kappa shape index (κ1) is 15.0. The molecule has 0 saturated carbocycles. The lowest BCUT2D eigenvalue weighted by Crippen LogP contribution is -2.48. The van der Waals surface area contributed by atoms with E-state index in [0.29, 0.717) is 6.54 Å². The number of hydrogen-bond acceptors (Lipinski definition) is 4. The van der Waals surface area contributed by atoms with Gasteiger partial charge in [-0.3, -0.25) is 0 Å². The van der Waals surface area contributed by atoms with Crippen LogP contribution in [0.4, 0.5) is 0 Å². The number of para-hydroxylation sites is 1. The van der Waals surface area contributed by atoms with Gasteiger partial charge in [0, 0.05) is 12.1 Å². The number of ether oxygens (including phenoxy) is 1. The molecule has 0 heterocycles. The molecule has 0 aliphatic heterocycles. The maximum Gasteiger partial charge on any atom is 0.124 e. The summed E-state index contributed by atoms with van der Waals surface area (Å²) in [5, 5.41) is 21.6. The van der Waals surface area contributed by atoms with Crippen molar-refractivity contribution in [2.24, 2.45) is 0 Å². The molecule has 0 fully saturated rings. The van der Waals surface area contributed by atoms with Crippen molar-refractivity contribution in [3.63, 3.8) is 0 Å². The van der Waals surface area contributed by atoms with E-state index in [0.717, 1.165) is 11.3 Å². The smallest absolute Gasteiger partial charge is 0.124 e. The molecule has 0 aliphatic carbocycles. The zero-order valence-corrected chi connectivity index (χ0v) is 11.3. The second-order valence-electron chi connectivity index (χ2n) is 5.00. The second kappa shape index (κ2) is 6.73. The normalized spacial score (nSPS) is 11.9. The third kappa shape index (κ3) is 4.29. The summed E-state index contributed by atoms with van der Waals surface area (Å²) in [6.45, 7) is 6.05. The van der Waals surface area contributed by atoms with Crippen molar-refractivity contribution in [2.45, 2.75) is 39.0 Å². The molecule has 3 N–H and O–H groups in total. The Balaban J connectivity index is 2.72. The van der Waals surface area contributed by atoms with Crippen molar-refractivity contribution in [1.29, 1.82) is 0 Å². The number of aliphatic hydroxyl groups excluding tert-OH is 2. The van der Waals surface area contributed by atoms with Gasteiger partial charge in [-0.1, -0.05) is 18.2 Å². The monoisotopic (exact) mass is 253 g/mol. The second-order valence-corrected chi connectivity index (χ2v) is 5.00. The third-order valence-corrected chi connectivity index (χ3v) is 2.74. The van der Waals surface area contributed by atoms with Gasteiger partial charge in [-0.15, -0.1) is 0 Å². The highest BCUT2D eigenvalue weighted by molar-refractivity contribution is 5.33. The Morgan fingerprint density at radius 2 is 1.83 bits per heavy atom. The lowest BCUT2D eigenvalue weighted by molar-refractivity contribution is 0.102. The average molecular weight is 253 g/mol. The molecule has 102 valence electrons. The Morgan fingerprint density at radius 3 is 2.39 bits per heavy atom. The zero-order valence-electron chi connectivity index (χ0n) is 11.3. The van der Waals surface area contributed by atoms with Crippen molar-refractivity contribution in [1.82, 2.24) is 5.32 Å². The van der Waals surface area contributed by atoms with E-state index in [9.17, 15) is 10.2 Å². The van der Waals surface area contributed by atoms with E-state index in [1.54, 1.807) is 6.92 Å². The molecule has 0 bridgehead atoms. The Bertz CT molecular complexity index is 362. The molecule has 0 unspecified atom stereocenters. The molecule has 1 rings (SSSR count). The third-order valence-electron chi connectivity index (χ3n) is 2.74. The molecule has 4 nitrogen and oxygen atoms in total. The molecule has 18 heavy (non-hydrogen) atoms. The molecule has 1 aromatic rings. The lowest BCUT2D eigenvalue weighted by atomic mass is 10.0. The highest BCUT2D eigenvalue weighted by Gasteiger charge is 2.21. The molecule has 0 spiro atoms. The fourth-order valence-electron chi connectivity index (χ4n) is 1.49. The van der Waals surface area contributed by atoms with Crippen LogP contribution in [0.25, 0.3) is 0 Å². The van der Waals surface area contributed by atoms with E-state index in [1.165, 1.54) is 0 Å². The van der Waals surface area contributed by atoms with Crippen LogP contribution in [0.3, 0.4) is 0 Å². The first-order valence-corrected chi connectivity index (χ1v) is 6.22. The van der Waals surface area contributed by atoms with Crippen LogP contribution >= 0.6 is 0 Å². The van der Waals surface area contributed by atoms with Crippen LogP contribution in [-0.2, 0) is 6.54 Å². The summed E-state index contributed by atoms with van der Waals surface area (Å²) >= 11 is 0. The van der Waals surface area contributed by atoms with Crippen LogP contribution < -0.4 is 10.1 Å². The molecular weight excluding hydrogens is 230 g/mol. The fraction of sp³-hybridized carbons (Fsp3) is 0.571. The summed E-state index contributed by atoms with van der Waals surface area (Å²) in [5.74, 6) is 0.832. The maximum atomic E-state index is 9.22. The number of aliphatic hydroxyl groups is 2. The fourth-order valence-corrected chi connectivity index (χ4v) is 1.49. The molecule has 0 aromatic heterocycles. The molecule has 0 amide bonds. The van der Waals surface area contributed by atoms with Gasteiger partial charge in [-0.2, -0.15) is 0 Å². The number of rotatable bonds is 7. The van der Waals surface area contributed by atoms with E-state index >= 15 is 0 Å². The van der Waals surface area contributed by atoms with Crippen LogP contribution in [0.5, 0.6) is 5.75 Å². The molecule has 0 radical (unpaired) electrons. The lowest BCUT2D eigenvalue weighted by Gasteiger charge is -2.27. The minimum atomic E-state index is -0.676. The maximum absolute atomic E-state index is 9.22. The first-order valence-electron chi connectivity index (χ1n) is 6.22. The van der Waals surface area contributed by atoms with Crippen molar-refractivity contribution in [3.05, 3.63) is 29.8 Å². The topological polar surface area (TPSA) is 61.7 Å². The Hall–Kier alpha value is -1.10. The zero-order chi connectivity index (χ0) is 13.6. The van der Waals surface area contributed by atoms with Gasteiger partial charge in [-0.25, -0.2) is 0 Å². The Kier molecular flexibility index (Phi) is 5.59. The summed E-state index contributed by atoms with van der Waals surface area (Å²) in [6, 6.07) is 7.77.